The minimum atomic E-state index is -4.33. The van der Waals surface area contributed by atoms with Gasteiger partial charge < -0.3 is 10.5 Å². The highest BCUT2D eigenvalue weighted by molar-refractivity contribution is 5.35. The fraction of sp³-hybridized carbons (Fsp3) is 0.600. The van der Waals surface area contributed by atoms with Gasteiger partial charge in [0.25, 0.3) is 0 Å². The molecule has 2 nitrogen and oxygen atoms in total. The fourth-order valence-electron chi connectivity index (χ4n) is 2.31. The van der Waals surface area contributed by atoms with Gasteiger partial charge in [-0.15, -0.1) is 0 Å². The van der Waals surface area contributed by atoms with Gasteiger partial charge in [-0.1, -0.05) is 19.9 Å². The van der Waals surface area contributed by atoms with E-state index in [0.29, 0.717) is 17.7 Å². The van der Waals surface area contributed by atoms with Crippen molar-refractivity contribution in [2.75, 3.05) is 6.61 Å². The molecule has 0 aliphatic heterocycles. The minimum absolute atomic E-state index is 0.187. The average Bonchev–Trinajstić information content (AvgIpc) is 2.33. The standard InChI is InChI=1S/C15H22F3NO/c1-5-20-14(9(2)3)13(19)12-7-6-11(8-10(12)4)15(16,17)18/h6-9,13-14H,5,19H2,1-4H3. The summed E-state index contributed by atoms with van der Waals surface area (Å²) in [4.78, 5) is 0. The van der Waals surface area contributed by atoms with Crippen molar-refractivity contribution in [2.24, 2.45) is 11.7 Å². The molecule has 1 aromatic rings. The lowest BCUT2D eigenvalue weighted by Gasteiger charge is -2.28. The largest absolute Gasteiger partial charge is 0.416 e. The maximum absolute atomic E-state index is 12.7. The van der Waals surface area contributed by atoms with Crippen molar-refractivity contribution in [3.8, 4) is 0 Å². The van der Waals surface area contributed by atoms with Crippen LogP contribution in [-0.4, -0.2) is 12.7 Å². The predicted molar refractivity (Wildman–Crippen MR) is 73.4 cm³/mol. The van der Waals surface area contributed by atoms with Gasteiger partial charge in [-0.2, -0.15) is 13.2 Å². The van der Waals surface area contributed by atoms with Crippen LogP contribution in [0.3, 0.4) is 0 Å². The molecule has 2 atom stereocenters. The van der Waals surface area contributed by atoms with Crippen molar-refractivity contribution in [2.45, 2.75) is 46.0 Å². The van der Waals surface area contributed by atoms with Crippen LogP contribution in [0.1, 0.15) is 43.5 Å². The second kappa shape index (κ2) is 6.59. The molecule has 0 aliphatic rings. The van der Waals surface area contributed by atoms with E-state index in [1.165, 1.54) is 6.07 Å². The number of nitrogens with two attached hydrogens (primary N) is 1. The van der Waals surface area contributed by atoms with Gasteiger partial charge in [0.15, 0.2) is 0 Å². The first kappa shape index (κ1) is 17.0. The van der Waals surface area contributed by atoms with E-state index in [9.17, 15) is 13.2 Å². The molecular formula is C15H22F3NO. The molecule has 2 N–H and O–H groups in total. The molecule has 0 aromatic heterocycles. The van der Waals surface area contributed by atoms with Crippen LogP contribution in [0.15, 0.2) is 18.2 Å². The number of benzene rings is 1. The Labute approximate surface area is 118 Å². The Morgan fingerprint density at radius 1 is 1.25 bits per heavy atom. The predicted octanol–water partition coefficient (Wildman–Crippen LogP) is 4.07. The molecule has 5 heteroatoms. The molecular weight excluding hydrogens is 267 g/mol. The zero-order valence-electron chi connectivity index (χ0n) is 12.3. The first-order valence-electron chi connectivity index (χ1n) is 6.73. The summed E-state index contributed by atoms with van der Waals surface area (Å²) in [6.07, 6.45) is -4.54. The molecule has 0 spiro atoms. The molecule has 1 rings (SSSR count). The van der Waals surface area contributed by atoms with Crippen molar-refractivity contribution < 1.29 is 17.9 Å². The van der Waals surface area contributed by atoms with Gasteiger partial charge >= 0.3 is 6.18 Å². The number of rotatable bonds is 5. The maximum atomic E-state index is 12.7. The number of aryl methyl sites for hydroxylation is 1. The van der Waals surface area contributed by atoms with Crippen LogP contribution in [-0.2, 0) is 10.9 Å². The maximum Gasteiger partial charge on any atom is 0.416 e. The van der Waals surface area contributed by atoms with Crippen molar-refractivity contribution in [1.29, 1.82) is 0 Å². The number of hydrogen-bond donors (Lipinski definition) is 1. The van der Waals surface area contributed by atoms with E-state index in [2.05, 4.69) is 0 Å². The third kappa shape index (κ3) is 3.96. The average molecular weight is 289 g/mol. The van der Waals surface area contributed by atoms with Gasteiger partial charge in [-0.3, -0.25) is 0 Å². The first-order chi connectivity index (χ1) is 9.18. The second-order valence-corrected chi connectivity index (χ2v) is 5.26. The normalized spacial score (nSPS) is 15.4. The SMILES string of the molecule is CCOC(C(C)C)C(N)c1ccc(C(F)(F)F)cc1C. The van der Waals surface area contributed by atoms with Crippen LogP contribution < -0.4 is 5.73 Å². The van der Waals surface area contributed by atoms with Crippen LogP contribution in [0.5, 0.6) is 0 Å². The molecule has 0 radical (unpaired) electrons. The molecule has 0 fully saturated rings. The van der Waals surface area contributed by atoms with Gasteiger partial charge in [-0.25, -0.2) is 0 Å². The van der Waals surface area contributed by atoms with E-state index < -0.39 is 17.8 Å². The Balaban J connectivity index is 3.07. The van der Waals surface area contributed by atoms with Crippen LogP contribution >= 0.6 is 0 Å². The molecule has 0 amide bonds. The molecule has 0 aliphatic carbocycles. The lowest BCUT2D eigenvalue weighted by Crippen LogP contribution is -2.34. The van der Waals surface area contributed by atoms with E-state index in [1.54, 1.807) is 6.92 Å². The lowest BCUT2D eigenvalue weighted by molar-refractivity contribution is -0.137. The smallest absolute Gasteiger partial charge is 0.376 e. The van der Waals surface area contributed by atoms with Gasteiger partial charge in [0.05, 0.1) is 17.7 Å². The van der Waals surface area contributed by atoms with Crippen molar-refractivity contribution in [3.05, 3.63) is 34.9 Å². The van der Waals surface area contributed by atoms with Gasteiger partial charge in [0.1, 0.15) is 0 Å². The van der Waals surface area contributed by atoms with Crippen LogP contribution in [0.25, 0.3) is 0 Å². The van der Waals surface area contributed by atoms with Crippen LogP contribution in [0.2, 0.25) is 0 Å². The third-order valence-electron chi connectivity index (χ3n) is 3.33. The molecule has 114 valence electrons. The fourth-order valence-corrected chi connectivity index (χ4v) is 2.31. The molecule has 0 saturated heterocycles. The number of ether oxygens (including phenoxy) is 1. The van der Waals surface area contributed by atoms with Gasteiger partial charge in [0, 0.05) is 6.61 Å². The summed E-state index contributed by atoms with van der Waals surface area (Å²) in [5.74, 6) is 0.187. The monoisotopic (exact) mass is 289 g/mol. The minimum Gasteiger partial charge on any atom is -0.376 e. The zero-order chi connectivity index (χ0) is 15.5. The quantitative estimate of drug-likeness (QED) is 0.886. The number of hydrogen-bond acceptors (Lipinski definition) is 2. The van der Waals surface area contributed by atoms with E-state index in [1.807, 2.05) is 20.8 Å². The zero-order valence-corrected chi connectivity index (χ0v) is 12.3. The Morgan fingerprint density at radius 2 is 1.85 bits per heavy atom. The first-order valence-corrected chi connectivity index (χ1v) is 6.73. The highest BCUT2D eigenvalue weighted by atomic mass is 19.4. The van der Waals surface area contributed by atoms with Gasteiger partial charge in [-0.05, 0) is 43.0 Å². The van der Waals surface area contributed by atoms with Crippen LogP contribution in [0, 0.1) is 12.8 Å². The molecule has 20 heavy (non-hydrogen) atoms. The molecule has 2 unspecified atom stereocenters. The molecule has 0 bridgehead atoms. The van der Waals surface area contributed by atoms with Crippen LogP contribution in [0.4, 0.5) is 13.2 Å². The highest BCUT2D eigenvalue weighted by Crippen LogP contribution is 2.32. The topological polar surface area (TPSA) is 35.2 Å². The number of halogens is 3. The summed E-state index contributed by atoms with van der Waals surface area (Å²) >= 11 is 0. The Hall–Kier alpha value is -1.07. The second-order valence-electron chi connectivity index (χ2n) is 5.26. The summed E-state index contributed by atoms with van der Waals surface area (Å²) in [6.45, 7) is 8.02. The van der Waals surface area contributed by atoms with E-state index >= 15 is 0 Å². The molecule has 0 heterocycles. The Morgan fingerprint density at radius 3 is 2.25 bits per heavy atom. The summed E-state index contributed by atoms with van der Waals surface area (Å²) in [5.41, 5.74) is 6.77. The van der Waals surface area contributed by atoms with E-state index in [-0.39, 0.29) is 12.0 Å². The number of alkyl halides is 3. The van der Waals surface area contributed by atoms with Crippen molar-refractivity contribution in [1.82, 2.24) is 0 Å². The summed E-state index contributed by atoms with van der Waals surface area (Å²) < 4.78 is 43.6. The molecule has 1 aromatic carbocycles. The van der Waals surface area contributed by atoms with E-state index in [0.717, 1.165) is 12.1 Å². The lowest BCUT2D eigenvalue weighted by atomic mass is 9.90. The summed E-state index contributed by atoms with van der Waals surface area (Å²) in [6, 6.07) is 3.23. The summed E-state index contributed by atoms with van der Waals surface area (Å²) in [5, 5.41) is 0. The highest BCUT2D eigenvalue weighted by Gasteiger charge is 2.32. The molecule has 0 saturated carbocycles. The third-order valence-corrected chi connectivity index (χ3v) is 3.33. The van der Waals surface area contributed by atoms with Crippen molar-refractivity contribution in [3.63, 3.8) is 0 Å². The Bertz CT molecular complexity index is 443. The summed E-state index contributed by atoms with van der Waals surface area (Å²) in [7, 11) is 0. The Kier molecular flexibility index (Phi) is 5.59. The van der Waals surface area contributed by atoms with Crippen molar-refractivity contribution >= 4 is 0 Å². The van der Waals surface area contributed by atoms with E-state index in [4.69, 9.17) is 10.5 Å². The van der Waals surface area contributed by atoms with Gasteiger partial charge in [0.2, 0.25) is 0 Å².